The van der Waals surface area contributed by atoms with E-state index in [2.05, 4.69) is 66.8 Å². The van der Waals surface area contributed by atoms with E-state index in [1.54, 1.807) is 0 Å². The Morgan fingerprint density at radius 3 is 1.61 bits per heavy atom. The predicted octanol–water partition coefficient (Wildman–Crippen LogP) is 6.38. The van der Waals surface area contributed by atoms with Crippen molar-refractivity contribution >= 4 is 55.4 Å². The van der Waals surface area contributed by atoms with Crippen LogP contribution >= 0.6 is 31.9 Å². The number of nitrogens with zero attached hydrogens (tertiary/aromatic N) is 2. The predicted molar refractivity (Wildman–Crippen MR) is 155 cm³/mol. The number of ether oxygens (including phenoxy) is 2. The molecule has 0 saturated carbocycles. The van der Waals surface area contributed by atoms with E-state index in [0.717, 1.165) is 48.0 Å². The first-order valence-electron chi connectivity index (χ1n) is 13.3. The summed E-state index contributed by atoms with van der Waals surface area (Å²) in [5, 5.41) is 7.14. The van der Waals surface area contributed by atoms with Crippen molar-refractivity contribution in [3.63, 3.8) is 0 Å². The van der Waals surface area contributed by atoms with Gasteiger partial charge in [-0.2, -0.15) is 0 Å². The maximum absolute atomic E-state index is 11.8. The molecule has 2 aromatic rings. The first-order chi connectivity index (χ1) is 18.4. The number of hydrogen-bond donors (Lipinski definition) is 2. The SMILES string of the molecule is CCOC(=O)N1CC[C@@H]2Nc3c(Br)cccc3[C@@H]2C1.CCOC(=O)N1CC[C@@H]2Nc3c(Br)cccc3[C@@H]2C1. The van der Waals surface area contributed by atoms with Crippen LogP contribution in [0.2, 0.25) is 0 Å². The standard InChI is InChI=1S/2C14H17BrN2O2/c2*1-2-19-14(18)17-7-6-12-10(8-17)9-4-3-5-11(15)13(9)16-12/h2*3-5,10,12,16H,2,6-8H2,1H3/t2*10-,12-/m00/s1. The van der Waals surface area contributed by atoms with Crippen LogP contribution in [0.4, 0.5) is 21.0 Å². The Kier molecular flexibility index (Phi) is 8.38. The Bertz CT molecular complexity index is 1100. The maximum atomic E-state index is 11.8. The second-order valence-electron chi connectivity index (χ2n) is 9.99. The van der Waals surface area contributed by atoms with Gasteiger partial charge in [-0.1, -0.05) is 24.3 Å². The summed E-state index contributed by atoms with van der Waals surface area (Å²) in [6.07, 6.45) is 1.55. The molecule has 0 bridgehead atoms. The number of benzene rings is 2. The highest BCUT2D eigenvalue weighted by atomic mass is 79.9. The second kappa shape index (κ2) is 11.7. The third kappa shape index (κ3) is 5.34. The number of fused-ring (bicyclic) bond motifs is 6. The topological polar surface area (TPSA) is 83.1 Å². The number of carbonyl (C=O) groups is 2. The normalized spacial score (nSPS) is 24.4. The van der Waals surface area contributed by atoms with Gasteiger partial charge in [-0.3, -0.25) is 0 Å². The summed E-state index contributed by atoms with van der Waals surface area (Å²) in [4.78, 5) is 27.3. The Hall–Kier alpha value is -2.46. The fraction of sp³-hybridized carbons (Fsp3) is 0.500. The molecule has 10 heteroatoms. The van der Waals surface area contributed by atoms with E-state index in [-0.39, 0.29) is 12.2 Å². The quantitative estimate of drug-likeness (QED) is 0.393. The number of hydrogen-bond acceptors (Lipinski definition) is 6. The molecule has 0 aromatic heterocycles. The number of para-hydroxylation sites is 2. The zero-order valence-electron chi connectivity index (χ0n) is 21.7. The van der Waals surface area contributed by atoms with E-state index in [4.69, 9.17) is 9.47 Å². The zero-order valence-corrected chi connectivity index (χ0v) is 24.9. The Balaban J connectivity index is 0.000000155. The number of halogens is 2. The Labute approximate surface area is 240 Å². The van der Waals surface area contributed by atoms with Crippen LogP contribution in [0.3, 0.4) is 0 Å². The lowest BCUT2D eigenvalue weighted by Gasteiger charge is -2.34. The van der Waals surface area contributed by atoms with Crippen LogP contribution < -0.4 is 10.6 Å². The van der Waals surface area contributed by atoms with Gasteiger partial charge in [-0.25, -0.2) is 9.59 Å². The van der Waals surface area contributed by atoms with Crippen molar-refractivity contribution in [2.24, 2.45) is 0 Å². The largest absolute Gasteiger partial charge is 0.450 e. The molecule has 4 atom stereocenters. The van der Waals surface area contributed by atoms with Crippen LogP contribution in [-0.2, 0) is 9.47 Å². The van der Waals surface area contributed by atoms with Crippen molar-refractivity contribution in [2.45, 2.75) is 50.6 Å². The summed E-state index contributed by atoms with van der Waals surface area (Å²) in [7, 11) is 0. The van der Waals surface area contributed by atoms with Gasteiger partial charge in [0.15, 0.2) is 0 Å². The number of piperidine rings is 2. The fourth-order valence-electron chi connectivity index (χ4n) is 6.02. The molecule has 6 rings (SSSR count). The molecule has 204 valence electrons. The van der Waals surface area contributed by atoms with Crippen LogP contribution in [0, 0.1) is 0 Å². The number of nitrogens with one attached hydrogen (secondary N) is 2. The van der Waals surface area contributed by atoms with Gasteiger partial charge in [0.2, 0.25) is 0 Å². The van der Waals surface area contributed by atoms with Crippen molar-refractivity contribution in [3.05, 3.63) is 56.5 Å². The number of amides is 2. The number of anilines is 2. The van der Waals surface area contributed by atoms with Gasteiger partial charge >= 0.3 is 12.2 Å². The molecule has 0 radical (unpaired) electrons. The lowest BCUT2D eigenvalue weighted by molar-refractivity contribution is 0.0941. The van der Waals surface area contributed by atoms with Gasteiger partial charge in [-0.05, 0) is 81.8 Å². The molecule has 0 spiro atoms. The molecule has 2 fully saturated rings. The van der Waals surface area contributed by atoms with Crippen LogP contribution in [0.15, 0.2) is 45.3 Å². The zero-order chi connectivity index (χ0) is 26.8. The van der Waals surface area contributed by atoms with Crippen LogP contribution in [-0.4, -0.2) is 73.5 Å². The molecule has 8 nitrogen and oxygen atoms in total. The van der Waals surface area contributed by atoms with Gasteiger partial charge in [-0.15, -0.1) is 0 Å². The second-order valence-corrected chi connectivity index (χ2v) is 11.7. The summed E-state index contributed by atoms with van der Waals surface area (Å²) in [6, 6.07) is 13.3. The fourth-order valence-corrected chi connectivity index (χ4v) is 7.01. The molecular formula is C28H34Br2N4O4. The molecule has 0 unspecified atom stereocenters. The van der Waals surface area contributed by atoms with Crippen molar-refractivity contribution in [1.29, 1.82) is 0 Å². The van der Waals surface area contributed by atoms with E-state index in [1.807, 2.05) is 35.8 Å². The van der Waals surface area contributed by atoms with E-state index in [9.17, 15) is 9.59 Å². The number of carbonyl (C=O) groups excluding carboxylic acids is 2. The van der Waals surface area contributed by atoms with Crippen LogP contribution in [0.25, 0.3) is 0 Å². The Morgan fingerprint density at radius 1 is 0.789 bits per heavy atom. The monoisotopic (exact) mass is 648 g/mol. The third-order valence-electron chi connectivity index (χ3n) is 7.83. The summed E-state index contributed by atoms with van der Waals surface area (Å²) in [5.41, 5.74) is 4.97. The average molecular weight is 650 g/mol. The smallest absolute Gasteiger partial charge is 0.409 e. The van der Waals surface area contributed by atoms with E-state index in [0.29, 0.717) is 37.1 Å². The summed E-state index contributed by atoms with van der Waals surface area (Å²) in [6.45, 7) is 7.55. The molecule has 4 aliphatic heterocycles. The summed E-state index contributed by atoms with van der Waals surface area (Å²) >= 11 is 7.16. The van der Waals surface area contributed by atoms with E-state index in [1.165, 1.54) is 22.5 Å². The van der Waals surface area contributed by atoms with E-state index < -0.39 is 0 Å². The lowest BCUT2D eigenvalue weighted by Crippen LogP contribution is -2.45. The first-order valence-corrected chi connectivity index (χ1v) is 14.9. The molecule has 0 aliphatic carbocycles. The average Bonchev–Trinajstić information content (AvgIpc) is 3.49. The molecule has 4 heterocycles. The maximum Gasteiger partial charge on any atom is 0.409 e. The van der Waals surface area contributed by atoms with Gasteiger partial charge in [0.25, 0.3) is 0 Å². The van der Waals surface area contributed by atoms with Crippen LogP contribution in [0.1, 0.15) is 49.7 Å². The molecule has 4 aliphatic rings. The molecular weight excluding hydrogens is 616 g/mol. The van der Waals surface area contributed by atoms with Gasteiger partial charge < -0.3 is 29.9 Å². The first kappa shape index (κ1) is 27.1. The molecule has 2 amide bonds. The molecule has 2 saturated heterocycles. The highest BCUT2D eigenvalue weighted by Gasteiger charge is 2.40. The van der Waals surface area contributed by atoms with Crippen molar-refractivity contribution in [3.8, 4) is 0 Å². The minimum Gasteiger partial charge on any atom is -0.450 e. The Morgan fingerprint density at radius 2 is 1.21 bits per heavy atom. The van der Waals surface area contributed by atoms with Gasteiger partial charge in [0.05, 0.1) is 24.6 Å². The van der Waals surface area contributed by atoms with Crippen LogP contribution in [0.5, 0.6) is 0 Å². The van der Waals surface area contributed by atoms with Crippen molar-refractivity contribution in [1.82, 2.24) is 9.80 Å². The third-order valence-corrected chi connectivity index (χ3v) is 9.15. The van der Waals surface area contributed by atoms with Crippen molar-refractivity contribution in [2.75, 3.05) is 50.0 Å². The highest BCUT2D eigenvalue weighted by Crippen LogP contribution is 2.44. The number of rotatable bonds is 2. The molecule has 2 aromatic carbocycles. The number of likely N-dealkylation sites (tertiary alicyclic amines) is 2. The minimum atomic E-state index is -0.190. The lowest BCUT2D eigenvalue weighted by atomic mass is 9.89. The van der Waals surface area contributed by atoms with Gasteiger partial charge in [0.1, 0.15) is 0 Å². The van der Waals surface area contributed by atoms with Gasteiger partial charge in [0, 0.05) is 59.0 Å². The molecule has 38 heavy (non-hydrogen) atoms. The highest BCUT2D eigenvalue weighted by molar-refractivity contribution is 9.11. The summed E-state index contributed by atoms with van der Waals surface area (Å²) < 4.78 is 12.4. The minimum absolute atomic E-state index is 0.190. The van der Waals surface area contributed by atoms with Crippen molar-refractivity contribution < 1.29 is 19.1 Å². The molecule has 2 N–H and O–H groups in total. The summed E-state index contributed by atoms with van der Waals surface area (Å²) in [5.74, 6) is 0.733. The van der Waals surface area contributed by atoms with E-state index >= 15 is 0 Å².